The van der Waals surface area contributed by atoms with Gasteiger partial charge in [-0.25, -0.2) is 0 Å². The Balaban J connectivity index is 2.26. The van der Waals surface area contributed by atoms with Gasteiger partial charge in [-0.2, -0.15) is 0 Å². The lowest BCUT2D eigenvalue weighted by molar-refractivity contribution is -0.127. The Bertz CT molecular complexity index is 418. The van der Waals surface area contributed by atoms with Gasteiger partial charge in [0, 0.05) is 18.3 Å². The molecule has 18 heavy (non-hydrogen) atoms. The molecular formula is C15H22N2O. The lowest BCUT2D eigenvalue weighted by Gasteiger charge is -2.34. The number of carbonyl (C=O) groups excluding carboxylic acids is 1. The maximum Gasteiger partial charge on any atom is 0.234 e. The number of carbonyl (C=O) groups is 1. The van der Waals surface area contributed by atoms with Crippen LogP contribution in [-0.2, 0) is 4.79 Å². The summed E-state index contributed by atoms with van der Waals surface area (Å²) in [5.74, 6) is 0.168. The molecule has 0 heterocycles. The van der Waals surface area contributed by atoms with Crippen LogP contribution in [0, 0.1) is 5.41 Å². The summed E-state index contributed by atoms with van der Waals surface area (Å²) in [5, 5.41) is 0. The summed E-state index contributed by atoms with van der Waals surface area (Å²) in [6.07, 6.45) is 2.90. The van der Waals surface area contributed by atoms with E-state index >= 15 is 0 Å². The van der Waals surface area contributed by atoms with Gasteiger partial charge in [-0.05, 0) is 38.8 Å². The zero-order valence-corrected chi connectivity index (χ0v) is 11.2. The van der Waals surface area contributed by atoms with Gasteiger partial charge in [0.2, 0.25) is 5.91 Å². The fraction of sp³-hybridized carbons (Fsp3) is 0.533. The summed E-state index contributed by atoms with van der Waals surface area (Å²) in [6.45, 7) is 4.71. The van der Waals surface area contributed by atoms with Crippen molar-refractivity contribution < 1.29 is 4.79 Å². The molecule has 98 valence electrons. The molecule has 3 heteroatoms. The smallest absolute Gasteiger partial charge is 0.234 e. The second-order valence-electron chi connectivity index (χ2n) is 5.30. The Morgan fingerprint density at radius 1 is 1.44 bits per heavy atom. The summed E-state index contributed by atoms with van der Waals surface area (Å²) in [5.41, 5.74) is 6.70. The average Bonchev–Trinajstić information content (AvgIpc) is 2.73. The lowest BCUT2D eigenvalue weighted by Crippen LogP contribution is -2.49. The van der Waals surface area contributed by atoms with Gasteiger partial charge < -0.3 is 10.6 Å². The molecule has 0 radical (unpaired) electrons. The quantitative estimate of drug-likeness (QED) is 0.891. The van der Waals surface area contributed by atoms with Gasteiger partial charge in [0.15, 0.2) is 0 Å². The maximum absolute atomic E-state index is 12.8. The Morgan fingerprint density at radius 2 is 2.11 bits per heavy atom. The van der Waals surface area contributed by atoms with E-state index < -0.39 is 5.41 Å². The van der Waals surface area contributed by atoms with Crippen molar-refractivity contribution >= 4 is 11.6 Å². The van der Waals surface area contributed by atoms with Crippen molar-refractivity contribution in [2.45, 2.75) is 39.2 Å². The van der Waals surface area contributed by atoms with Crippen LogP contribution >= 0.6 is 0 Å². The summed E-state index contributed by atoms with van der Waals surface area (Å²) in [7, 11) is 0. The highest BCUT2D eigenvalue weighted by Crippen LogP contribution is 2.39. The highest BCUT2D eigenvalue weighted by Gasteiger charge is 2.45. The van der Waals surface area contributed by atoms with Gasteiger partial charge in [-0.1, -0.05) is 24.6 Å². The first-order chi connectivity index (χ1) is 8.59. The molecular weight excluding hydrogens is 224 g/mol. The lowest BCUT2D eigenvalue weighted by atomic mass is 9.83. The number of rotatable bonds is 3. The second-order valence-corrected chi connectivity index (χ2v) is 5.30. The number of nitrogens with zero attached hydrogens (tertiary/aromatic N) is 1. The van der Waals surface area contributed by atoms with E-state index in [1.54, 1.807) is 0 Å². The SMILES string of the molecule is CCN(C(=O)C1(C)CCCC1N)c1ccccc1. The number of amides is 1. The van der Waals surface area contributed by atoms with Crippen LogP contribution in [0.2, 0.25) is 0 Å². The Hall–Kier alpha value is -1.35. The molecule has 1 saturated carbocycles. The Labute approximate surface area is 109 Å². The number of hydrogen-bond donors (Lipinski definition) is 1. The third-order valence-corrected chi connectivity index (χ3v) is 4.15. The molecule has 0 aromatic heterocycles. The van der Waals surface area contributed by atoms with Gasteiger partial charge in [0.1, 0.15) is 0 Å². The molecule has 2 unspecified atom stereocenters. The molecule has 2 rings (SSSR count). The zero-order chi connectivity index (χ0) is 13.2. The van der Waals surface area contributed by atoms with Crippen LogP contribution in [0.4, 0.5) is 5.69 Å². The molecule has 1 aromatic carbocycles. The minimum Gasteiger partial charge on any atom is -0.327 e. The molecule has 0 spiro atoms. The van der Waals surface area contributed by atoms with Crippen molar-refractivity contribution in [2.24, 2.45) is 11.1 Å². The van der Waals surface area contributed by atoms with Crippen LogP contribution in [0.15, 0.2) is 30.3 Å². The van der Waals surface area contributed by atoms with E-state index in [2.05, 4.69) is 0 Å². The standard InChI is InChI=1S/C15H22N2O/c1-3-17(12-8-5-4-6-9-12)14(18)15(2)11-7-10-13(15)16/h4-6,8-9,13H,3,7,10-11,16H2,1-2H3. The van der Waals surface area contributed by atoms with Gasteiger partial charge >= 0.3 is 0 Å². The summed E-state index contributed by atoms with van der Waals surface area (Å²) in [6, 6.07) is 9.83. The molecule has 1 aliphatic rings. The number of benzene rings is 1. The molecule has 1 amide bonds. The van der Waals surface area contributed by atoms with Crippen LogP contribution < -0.4 is 10.6 Å². The van der Waals surface area contributed by atoms with Crippen LogP contribution in [0.1, 0.15) is 33.1 Å². The minimum atomic E-state index is -0.397. The third kappa shape index (κ3) is 2.15. The van der Waals surface area contributed by atoms with E-state index in [4.69, 9.17) is 5.73 Å². The molecule has 1 fully saturated rings. The van der Waals surface area contributed by atoms with Crippen LogP contribution in [-0.4, -0.2) is 18.5 Å². The third-order valence-electron chi connectivity index (χ3n) is 4.15. The van der Waals surface area contributed by atoms with Gasteiger partial charge in [0.25, 0.3) is 0 Å². The monoisotopic (exact) mass is 246 g/mol. The first kappa shape index (κ1) is 13.1. The number of anilines is 1. The van der Waals surface area contributed by atoms with E-state index in [-0.39, 0.29) is 11.9 Å². The van der Waals surface area contributed by atoms with Crippen molar-refractivity contribution in [3.8, 4) is 0 Å². The van der Waals surface area contributed by atoms with Gasteiger partial charge in [-0.15, -0.1) is 0 Å². The predicted molar refractivity (Wildman–Crippen MR) is 74.4 cm³/mol. The molecule has 2 N–H and O–H groups in total. The van der Waals surface area contributed by atoms with Gasteiger partial charge in [0.05, 0.1) is 5.41 Å². The summed E-state index contributed by atoms with van der Waals surface area (Å²) >= 11 is 0. The van der Waals surface area contributed by atoms with Crippen LogP contribution in [0.3, 0.4) is 0 Å². The highest BCUT2D eigenvalue weighted by molar-refractivity contribution is 5.98. The van der Waals surface area contributed by atoms with Crippen LogP contribution in [0.25, 0.3) is 0 Å². The van der Waals surface area contributed by atoms with Crippen molar-refractivity contribution in [2.75, 3.05) is 11.4 Å². The molecule has 0 aliphatic heterocycles. The topological polar surface area (TPSA) is 46.3 Å². The molecule has 0 bridgehead atoms. The van der Waals surface area contributed by atoms with Crippen molar-refractivity contribution in [1.82, 2.24) is 0 Å². The highest BCUT2D eigenvalue weighted by atomic mass is 16.2. The molecule has 3 nitrogen and oxygen atoms in total. The fourth-order valence-electron chi connectivity index (χ4n) is 2.82. The largest absolute Gasteiger partial charge is 0.327 e. The van der Waals surface area contributed by atoms with Crippen molar-refractivity contribution in [3.63, 3.8) is 0 Å². The molecule has 2 atom stereocenters. The van der Waals surface area contributed by atoms with E-state index in [1.807, 2.05) is 49.1 Å². The van der Waals surface area contributed by atoms with E-state index in [0.29, 0.717) is 6.54 Å². The molecule has 1 aliphatic carbocycles. The number of nitrogens with two attached hydrogens (primary N) is 1. The summed E-state index contributed by atoms with van der Waals surface area (Å²) in [4.78, 5) is 14.6. The van der Waals surface area contributed by atoms with Crippen molar-refractivity contribution in [3.05, 3.63) is 30.3 Å². The van der Waals surface area contributed by atoms with Crippen LogP contribution in [0.5, 0.6) is 0 Å². The minimum absolute atomic E-state index is 0.0113. The second kappa shape index (κ2) is 5.11. The van der Waals surface area contributed by atoms with Gasteiger partial charge in [-0.3, -0.25) is 4.79 Å². The Kier molecular flexibility index (Phi) is 3.71. The zero-order valence-electron chi connectivity index (χ0n) is 11.2. The molecule has 1 aromatic rings. The first-order valence-electron chi connectivity index (χ1n) is 6.72. The molecule has 0 saturated heterocycles. The normalized spacial score (nSPS) is 27.2. The predicted octanol–water partition coefficient (Wildman–Crippen LogP) is 2.56. The first-order valence-corrected chi connectivity index (χ1v) is 6.72. The van der Waals surface area contributed by atoms with E-state index in [0.717, 1.165) is 24.9 Å². The number of hydrogen-bond acceptors (Lipinski definition) is 2. The number of para-hydroxylation sites is 1. The van der Waals surface area contributed by atoms with E-state index in [9.17, 15) is 4.79 Å². The van der Waals surface area contributed by atoms with Crippen molar-refractivity contribution in [1.29, 1.82) is 0 Å². The summed E-state index contributed by atoms with van der Waals surface area (Å²) < 4.78 is 0. The average molecular weight is 246 g/mol. The Morgan fingerprint density at radius 3 is 2.61 bits per heavy atom. The maximum atomic E-state index is 12.8. The fourth-order valence-corrected chi connectivity index (χ4v) is 2.82. The van der Waals surface area contributed by atoms with E-state index in [1.165, 1.54) is 0 Å².